The Morgan fingerprint density at radius 1 is 0.771 bits per heavy atom. The Morgan fingerprint density at radius 2 is 1.31 bits per heavy atom. The third-order valence-electron chi connectivity index (χ3n) is 4.67. The summed E-state index contributed by atoms with van der Waals surface area (Å²) in [5, 5.41) is 9.17. The van der Waals surface area contributed by atoms with Crippen molar-refractivity contribution in [3.05, 3.63) is 83.4 Å². The molecule has 35 heavy (non-hydrogen) atoms. The monoisotopic (exact) mass is 491 g/mol. The third-order valence-corrected chi connectivity index (χ3v) is 4.67. The highest BCUT2D eigenvalue weighted by atomic mass is 19.4. The molecule has 1 aliphatic rings. The van der Waals surface area contributed by atoms with Crippen molar-refractivity contribution in [2.24, 2.45) is 4.99 Å². The number of nitriles is 1. The molecule has 0 aromatic heterocycles. The van der Waals surface area contributed by atoms with Gasteiger partial charge in [0.2, 0.25) is 0 Å². The summed E-state index contributed by atoms with van der Waals surface area (Å²) in [6.45, 7) is 0. The molecule has 0 atom stereocenters. The molecule has 0 saturated heterocycles. The lowest BCUT2D eigenvalue weighted by molar-refractivity contribution is -0.275. The Hall–Kier alpha value is -4.53. The number of aliphatic imine (C=N–C) groups is 1. The van der Waals surface area contributed by atoms with Crippen LogP contribution < -0.4 is 14.4 Å². The molecule has 0 fully saturated rings. The maximum Gasteiger partial charge on any atom is 0.573 e. The standard InChI is InChI=1S/C23H11F6N3O3/c24-22(25,26)34-16-6-2-14(3-7-16)31-20-18-10-1-13(12-30)11-19(18)21(33)32(20)15-4-8-17(9-5-15)35-23(27,28)29/h1-11H. The number of rotatable bonds is 4. The first kappa shape index (κ1) is 23.6. The van der Waals surface area contributed by atoms with Gasteiger partial charge in [-0.05, 0) is 66.7 Å². The molecule has 1 amide bonds. The van der Waals surface area contributed by atoms with Gasteiger partial charge in [-0.2, -0.15) is 5.26 Å². The summed E-state index contributed by atoms with van der Waals surface area (Å²) in [6, 6.07) is 15.2. The van der Waals surface area contributed by atoms with Crippen molar-refractivity contribution >= 4 is 23.1 Å². The van der Waals surface area contributed by atoms with Gasteiger partial charge in [-0.15, -0.1) is 26.3 Å². The lowest BCUT2D eigenvalue weighted by Crippen LogP contribution is -2.30. The van der Waals surface area contributed by atoms with Crippen LogP contribution in [0.4, 0.5) is 37.7 Å². The van der Waals surface area contributed by atoms with Crippen LogP contribution in [0.1, 0.15) is 21.5 Å². The van der Waals surface area contributed by atoms with Crippen molar-refractivity contribution in [1.82, 2.24) is 0 Å². The number of hydrogen-bond donors (Lipinski definition) is 0. The molecule has 0 unspecified atom stereocenters. The predicted molar refractivity (Wildman–Crippen MR) is 110 cm³/mol. The number of halogens is 6. The zero-order chi connectivity index (χ0) is 25.4. The van der Waals surface area contributed by atoms with Crippen molar-refractivity contribution in [3.63, 3.8) is 0 Å². The van der Waals surface area contributed by atoms with Gasteiger partial charge in [-0.25, -0.2) is 4.99 Å². The normalized spacial score (nSPS) is 14.6. The number of alkyl halides is 6. The first-order chi connectivity index (χ1) is 16.4. The van der Waals surface area contributed by atoms with E-state index in [9.17, 15) is 31.1 Å². The molecule has 0 spiro atoms. The van der Waals surface area contributed by atoms with Gasteiger partial charge in [-0.1, -0.05) is 0 Å². The first-order valence-electron chi connectivity index (χ1n) is 9.63. The summed E-state index contributed by atoms with van der Waals surface area (Å²) < 4.78 is 82.3. The summed E-state index contributed by atoms with van der Waals surface area (Å²) in [5.74, 6) is -1.52. The molecule has 12 heteroatoms. The van der Waals surface area contributed by atoms with E-state index in [4.69, 9.17) is 5.26 Å². The lowest BCUT2D eigenvalue weighted by atomic mass is 10.1. The van der Waals surface area contributed by atoms with E-state index in [1.54, 1.807) is 0 Å². The van der Waals surface area contributed by atoms with Crippen LogP contribution in [0.3, 0.4) is 0 Å². The van der Waals surface area contributed by atoms with Gasteiger partial charge in [0.25, 0.3) is 5.91 Å². The number of amidine groups is 1. The fourth-order valence-corrected chi connectivity index (χ4v) is 3.31. The molecule has 0 bridgehead atoms. The van der Waals surface area contributed by atoms with E-state index in [-0.39, 0.29) is 28.3 Å². The smallest absolute Gasteiger partial charge is 0.406 e. The van der Waals surface area contributed by atoms with E-state index in [0.717, 1.165) is 29.2 Å². The van der Waals surface area contributed by atoms with Crippen molar-refractivity contribution < 1.29 is 40.6 Å². The molecule has 1 heterocycles. The molecule has 3 aromatic rings. The number of benzene rings is 3. The maximum atomic E-state index is 13.2. The third kappa shape index (κ3) is 5.35. The van der Waals surface area contributed by atoms with E-state index >= 15 is 0 Å². The zero-order valence-electron chi connectivity index (χ0n) is 17.2. The van der Waals surface area contributed by atoms with E-state index in [1.165, 1.54) is 42.5 Å². The summed E-state index contributed by atoms with van der Waals surface area (Å²) in [6.07, 6.45) is -9.77. The van der Waals surface area contributed by atoms with Gasteiger partial charge < -0.3 is 9.47 Å². The minimum Gasteiger partial charge on any atom is -0.406 e. The fraction of sp³-hybridized carbons (Fsp3) is 0.0870. The number of fused-ring (bicyclic) bond motifs is 1. The molecule has 0 aliphatic carbocycles. The van der Waals surface area contributed by atoms with Crippen LogP contribution in [0.2, 0.25) is 0 Å². The van der Waals surface area contributed by atoms with Crippen molar-refractivity contribution in [2.45, 2.75) is 12.7 Å². The zero-order valence-corrected chi connectivity index (χ0v) is 17.2. The minimum atomic E-state index is -4.90. The van der Waals surface area contributed by atoms with E-state index in [2.05, 4.69) is 14.5 Å². The van der Waals surface area contributed by atoms with Crippen molar-refractivity contribution in [1.29, 1.82) is 5.26 Å². The molecule has 0 saturated carbocycles. The SMILES string of the molecule is N#Cc1ccc2c(c1)C(=O)N(c1ccc(OC(F)(F)F)cc1)C2=Nc1ccc(OC(F)(F)F)cc1. The molecule has 0 radical (unpaired) electrons. The molecule has 0 N–H and O–H groups in total. The fourth-order valence-electron chi connectivity index (χ4n) is 3.31. The highest BCUT2D eigenvalue weighted by Crippen LogP contribution is 2.34. The van der Waals surface area contributed by atoms with Gasteiger partial charge >= 0.3 is 12.7 Å². The molecule has 6 nitrogen and oxygen atoms in total. The average Bonchev–Trinajstić information content (AvgIpc) is 3.04. The van der Waals surface area contributed by atoms with E-state index in [0.29, 0.717) is 5.56 Å². The summed E-state index contributed by atoms with van der Waals surface area (Å²) in [5.41, 5.74) is 0.952. The largest absolute Gasteiger partial charge is 0.573 e. The lowest BCUT2D eigenvalue weighted by Gasteiger charge is -2.18. The van der Waals surface area contributed by atoms with E-state index in [1.807, 2.05) is 6.07 Å². The Bertz CT molecular complexity index is 1340. The van der Waals surface area contributed by atoms with Crippen LogP contribution in [-0.2, 0) is 0 Å². The van der Waals surface area contributed by atoms with Crippen molar-refractivity contribution in [3.8, 4) is 17.6 Å². The second-order valence-corrected chi connectivity index (χ2v) is 7.03. The topological polar surface area (TPSA) is 74.9 Å². The molecular weight excluding hydrogens is 480 g/mol. The molecule has 3 aromatic carbocycles. The van der Waals surface area contributed by atoms with Gasteiger partial charge in [0, 0.05) is 5.56 Å². The summed E-state index contributed by atoms with van der Waals surface area (Å²) in [7, 11) is 0. The number of anilines is 1. The second kappa shape index (κ2) is 8.68. The molecular formula is C23H11F6N3O3. The number of carbonyl (C=O) groups excluding carboxylic acids is 1. The first-order valence-corrected chi connectivity index (χ1v) is 9.63. The Kier molecular flexibility index (Phi) is 5.86. The van der Waals surface area contributed by atoms with Crippen LogP contribution in [-0.4, -0.2) is 24.5 Å². The van der Waals surface area contributed by atoms with Crippen LogP contribution in [0.25, 0.3) is 0 Å². The number of hydrogen-bond acceptors (Lipinski definition) is 5. The molecule has 4 rings (SSSR count). The highest BCUT2D eigenvalue weighted by Gasteiger charge is 2.36. The van der Waals surface area contributed by atoms with Crippen LogP contribution in [0.15, 0.2) is 71.7 Å². The van der Waals surface area contributed by atoms with Gasteiger partial charge in [0.1, 0.15) is 17.3 Å². The molecule has 1 aliphatic heterocycles. The van der Waals surface area contributed by atoms with Gasteiger partial charge in [0.15, 0.2) is 0 Å². The van der Waals surface area contributed by atoms with Gasteiger partial charge in [-0.3, -0.25) is 9.69 Å². The molecule has 178 valence electrons. The number of carbonyl (C=O) groups is 1. The highest BCUT2D eigenvalue weighted by molar-refractivity contribution is 6.36. The Morgan fingerprint density at radius 3 is 1.83 bits per heavy atom. The maximum absolute atomic E-state index is 13.2. The summed E-state index contributed by atoms with van der Waals surface area (Å²) in [4.78, 5) is 18.7. The quantitative estimate of drug-likeness (QED) is 0.414. The number of ether oxygens (including phenoxy) is 2. The van der Waals surface area contributed by atoms with Crippen LogP contribution in [0, 0.1) is 11.3 Å². The number of nitrogens with zero attached hydrogens (tertiary/aromatic N) is 3. The summed E-state index contributed by atoms with van der Waals surface area (Å²) >= 11 is 0. The second-order valence-electron chi connectivity index (χ2n) is 7.03. The van der Waals surface area contributed by atoms with Crippen molar-refractivity contribution in [2.75, 3.05) is 4.90 Å². The predicted octanol–water partition coefficient (Wildman–Crippen LogP) is 6.09. The van der Waals surface area contributed by atoms with Gasteiger partial charge in [0.05, 0.1) is 28.6 Å². The average molecular weight is 491 g/mol. The Balaban J connectivity index is 1.75. The number of amides is 1. The van der Waals surface area contributed by atoms with Crippen LogP contribution >= 0.6 is 0 Å². The minimum absolute atomic E-state index is 0.0588. The Labute approximate surface area is 193 Å². The van der Waals surface area contributed by atoms with Crippen LogP contribution in [0.5, 0.6) is 11.5 Å². The van der Waals surface area contributed by atoms with E-state index < -0.39 is 30.1 Å².